The second-order valence-corrected chi connectivity index (χ2v) is 8.09. The van der Waals surface area contributed by atoms with Gasteiger partial charge >= 0.3 is 0 Å². The molecule has 2 aromatic carbocycles. The number of piperidine rings is 1. The van der Waals surface area contributed by atoms with E-state index in [9.17, 15) is 0 Å². The molecule has 155 valence electrons. The molecule has 0 spiro atoms. The van der Waals surface area contributed by atoms with Crippen molar-refractivity contribution in [3.63, 3.8) is 0 Å². The van der Waals surface area contributed by atoms with Crippen molar-refractivity contribution in [2.24, 2.45) is 0 Å². The first kappa shape index (κ1) is 24.4. The molecule has 1 aliphatic rings. The first-order chi connectivity index (χ1) is 13.8. The van der Waals surface area contributed by atoms with Crippen LogP contribution in [0.5, 0.6) is 11.5 Å². The molecule has 1 radical (unpaired) electrons. The van der Waals surface area contributed by atoms with Crippen LogP contribution in [-0.4, -0.2) is 37.3 Å². The Morgan fingerprint density at radius 2 is 1.34 bits per heavy atom. The van der Waals surface area contributed by atoms with E-state index in [0.29, 0.717) is 0 Å². The maximum Gasteiger partial charge on any atom is 0.119 e. The van der Waals surface area contributed by atoms with E-state index < -0.39 is 0 Å². The number of nitrogens with zero attached hydrogens (tertiary/aromatic N) is 1. The standard InChI is InChI=1S/C25H36NO2.Y/c1-2-3-20-27-24-13-15-25(16-14-24)28-21-10-19-26(17-8-5-9-18-26)22-23-11-6-4-7-12-23;/h4,6-7,11-16H,2-3,5,8-10,17-22H2,1H3;/q+1;. The quantitative estimate of drug-likeness (QED) is 0.303. The molecule has 1 fully saturated rings. The number of quaternary nitrogens is 1. The van der Waals surface area contributed by atoms with Crippen LogP contribution in [-0.2, 0) is 39.3 Å². The molecule has 0 aromatic heterocycles. The summed E-state index contributed by atoms with van der Waals surface area (Å²) < 4.78 is 12.9. The fourth-order valence-electron chi connectivity index (χ4n) is 4.17. The third-order valence-electron chi connectivity index (χ3n) is 5.76. The van der Waals surface area contributed by atoms with Crippen molar-refractivity contribution in [1.82, 2.24) is 0 Å². The van der Waals surface area contributed by atoms with Gasteiger partial charge in [0.1, 0.15) is 18.0 Å². The van der Waals surface area contributed by atoms with Crippen LogP contribution in [0.2, 0.25) is 0 Å². The summed E-state index contributed by atoms with van der Waals surface area (Å²) in [6.07, 6.45) is 7.45. The van der Waals surface area contributed by atoms with Crippen molar-refractivity contribution in [3.05, 3.63) is 60.2 Å². The molecule has 0 N–H and O–H groups in total. The molecule has 0 saturated carbocycles. The topological polar surface area (TPSA) is 18.5 Å². The van der Waals surface area contributed by atoms with Gasteiger partial charge in [0.15, 0.2) is 0 Å². The van der Waals surface area contributed by atoms with Crippen molar-refractivity contribution in [2.45, 2.75) is 52.0 Å². The Hall–Kier alpha value is -0.896. The smallest absolute Gasteiger partial charge is 0.119 e. The van der Waals surface area contributed by atoms with E-state index in [4.69, 9.17) is 9.47 Å². The number of hydrogen-bond donors (Lipinski definition) is 0. The predicted octanol–water partition coefficient (Wildman–Crippen LogP) is 5.83. The molecular weight excluding hydrogens is 435 g/mol. The van der Waals surface area contributed by atoms with E-state index in [1.54, 1.807) is 0 Å². The Morgan fingerprint density at radius 3 is 1.93 bits per heavy atom. The Balaban J connectivity index is 0.00000300. The molecule has 29 heavy (non-hydrogen) atoms. The van der Waals surface area contributed by atoms with Crippen molar-refractivity contribution in [2.75, 3.05) is 32.8 Å². The Labute approximate surface area is 202 Å². The van der Waals surface area contributed by atoms with Crippen LogP contribution in [0, 0.1) is 0 Å². The van der Waals surface area contributed by atoms with Crippen molar-refractivity contribution in [1.29, 1.82) is 0 Å². The fourth-order valence-corrected chi connectivity index (χ4v) is 4.17. The summed E-state index contributed by atoms with van der Waals surface area (Å²) in [5.74, 6) is 1.87. The largest absolute Gasteiger partial charge is 0.494 e. The van der Waals surface area contributed by atoms with Gasteiger partial charge in [-0.3, -0.25) is 0 Å². The summed E-state index contributed by atoms with van der Waals surface area (Å²) in [4.78, 5) is 0. The zero-order chi connectivity index (χ0) is 19.5. The maximum absolute atomic E-state index is 6.01. The molecule has 1 heterocycles. The van der Waals surface area contributed by atoms with Gasteiger partial charge in [0, 0.05) is 44.7 Å². The third kappa shape index (κ3) is 8.40. The average molecular weight is 471 g/mol. The van der Waals surface area contributed by atoms with Crippen molar-refractivity contribution < 1.29 is 46.7 Å². The second kappa shape index (κ2) is 13.4. The van der Waals surface area contributed by atoms with Gasteiger partial charge in [0.2, 0.25) is 0 Å². The number of unbranched alkanes of at least 4 members (excludes halogenated alkanes) is 1. The minimum Gasteiger partial charge on any atom is -0.494 e. The minimum absolute atomic E-state index is 0. The molecule has 0 bridgehead atoms. The van der Waals surface area contributed by atoms with Gasteiger partial charge in [-0.25, -0.2) is 0 Å². The van der Waals surface area contributed by atoms with Gasteiger partial charge in [-0.05, 0) is 49.9 Å². The van der Waals surface area contributed by atoms with E-state index in [2.05, 4.69) is 37.3 Å². The van der Waals surface area contributed by atoms with Crippen LogP contribution in [0.3, 0.4) is 0 Å². The van der Waals surface area contributed by atoms with E-state index >= 15 is 0 Å². The SMILES string of the molecule is CCCCOc1ccc(OCCC[N+]2(Cc3ccccc3)CCCCC2)cc1.[Y]. The monoisotopic (exact) mass is 471 g/mol. The number of rotatable bonds is 11. The predicted molar refractivity (Wildman–Crippen MR) is 116 cm³/mol. The maximum atomic E-state index is 6.01. The van der Waals surface area contributed by atoms with E-state index in [1.807, 2.05) is 24.3 Å². The molecular formula is C25H36NO2Y+. The Kier molecular flexibility index (Phi) is 11.3. The number of ether oxygens (including phenoxy) is 2. The zero-order valence-electron chi connectivity index (χ0n) is 18.0. The minimum atomic E-state index is 0. The van der Waals surface area contributed by atoms with E-state index in [-0.39, 0.29) is 32.7 Å². The number of likely N-dealkylation sites (tertiary alicyclic amines) is 1. The van der Waals surface area contributed by atoms with Crippen LogP contribution in [0.15, 0.2) is 54.6 Å². The average Bonchev–Trinajstić information content (AvgIpc) is 2.74. The summed E-state index contributed by atoms with van der Waals surface area (Å²) >= 11 is 0. The van der Waals surface area contributed by atoms with Crippen molar-refractivity contribution >= 4 is 0 Å². The van der Waals surface area contributed by atoms with Crippen LogP contribution >= 0.6 is 0 Å². The molecule has 4 heteroatoms. The van der Waals surface area contributed by atoms with Gasteiger partial charge in [0.05, 0.1) is 32.8 Å². The first-order valence-corrected chi connectivity index (χ1v) is 11.0. The van der Waals surface area contributed by atoms with E-state index in [1.165, 1.54) is 48.9 Å². The molecule has 3 rings (SSSR count). The van der Waals surface area contributed by atoms with Gasteiger partial charge in [-0.2, -0.15) is 0 Å². The Morgan fingerprint density at radius 1 is 0.759 bits per heavy atom. The molecule has 1 aliphatic heterocycles. The van der Waals surface area contributed by atoms with Crippen LogP contribution in [0.1, 0.15) is 51.0 Å². The van der Waals surface area contributed by atoms with Crippen LogP contribution in [0.25, 0.3) is 0 Å². The molecule has 3 nitrogen and oxygen atoms in total. The second-order valence-electron chi connectivity index (χ2n) is 8.09. The first-order valence-electron chi connectivity index (χ1n) is 11.0. The molecule has 2 aromatic rings. The summed E-state index contributed by atoms with van der Waals surface area (Å²) in [7, 11) is 0. The summed E-state index contributed by atoms with van der Waals surface area (Å²) in [5, 5.41) is 0. The normalized spacial score (nSPS) is 15.3. The Bertz CT molecular complexity index is 669. The van der Waals surface area contributed by atoms with Crippen LogP contribution < -0.4 is 9.47 Å². The van der Waals surface area contributed by atoms with Crippen LogP contribution in [0.4, 0.5) is 0 Å². The molecule has 0 unspecified atom stereocenters. The van der Waals surface area contributed by atoms with Gasteiger partial charge in [-0.15, -0.1) is 0 Å². The van der Waals surface area contributed by atoms with Crippen molar-refractivity contribution in [3.8, 4) is 11.5 Å². The third-order valence-corrected chi connectivity index (χ3v) is 5.76. The molecule has 0 amide bonds. The summed E-state index contributed by atoms with van der Waals surface area (Å²) in [6.45, 7) is 8.72. The fraction of sp³-hybridized carbons (Fsp3) is 0.520. The summed E-state index contributed by atoms with van der Waals surface area (Å²) in [6, 6.07) is 19.1. The molecule has 0 atom stereocenters. The van der Waals surface area contributed by atoms with Gasteiger partial charge in [-0.1, -0.05) is 43.7 Å². The molecule has 0 aliphatic carbocycles. The number of benzene rings is 2. The van der Waals surface area contributed by atoms with E-state index in [0.717, 1.165) is 50.5 Å². The molecule has 1 saturated heterocycles. The summed E-state index contributed by atoms with van der Waals surface area (Å²) in [5.41, 5.74) is 1.46. The zero-order valence-corrected chi connectivity index (χ0v) is 20.9. The van der Waals surface area contributed by atoms with Gasteiger partial charge in [0.25, 0.3) is 0 Å². The number of hydrogen-bond acceptors (Lipinski definition) is 2. The van der Waals surface area contributed by atoms with Gasteiger partial charge < -0.3 is 14.0 Å².